The second-order valence-electron chi connectivity index (χ2n) is 3.01. The average Bonchev–Trinajstić information content (AvgIpc) is 2.16. The molecule has 3 N–H and O–H groups in total. The van der Waals surface area contributed by atoms with E-state index in [1.54, 1.807) is 14.0 Å². The van der Waals surface area contributed by atoms with Crippen LogP contribution in [0.3, 0.4) is 0 Å². The van der Waals surface area contributed by atoms with Gasteiger partial charge in [0.2, 0.25) is 0 Å². The number of aliphatic hydroxyl groups excluding tert-OH is 1. The predicted octanol–water partition coefficient (Wildman–Crippen LogP) is 1.08. The van der Waals surface area contributed by atoms with Gasteiger partial charge in [-0.15, -0.1) is 0 Å². The highest BCUT2D eigenvalue weighted by Gasteiger charge is 2.15. The molecule has 13 heavy (non-hydrogen) atoms. The van der Waals surface area contributed by atoms with E-state index in [1.165, 1.54) is 0 Å². The number of aliphatic hydroxyl groups is 1. The third-order valence-corrected chi connectivity index (χ3v) is 2.02. The summed E-state index contributed by atoms with van der Waals surface area (Å²) in [5.41, 5.74) is 6.62. The molecule has 1 aromatic carbocycles. The van der Waals surface area contributed by atoms with E-state index >= 15 is 0 Å². The summed E-state index contributed by atoms with van der Waals surface area (Å²) in [5.74, 6) is 0.718. The predicted molar refractivity (Wildman–Crippen MR) is 51.6 cm³/mol. The molecule has 0 heterocycles. The summed E-state index contributed by atoms with van der Waals surface area (Å²) >= 11 is 0. The lowest BCUT2D eigenvalue weighted by molar-refractivity contribution is 0.162. The van der Waals surface area contributed by atoms with Crippen LogP contribution in [0.25, 0.3) is 0 Å². The molecule has 0 amide bonds. The van der Waals surface area contributed by atoms with Gasteiger partial charge in [0.25, 0.3) is 0 Å². The smallest absolute Gasteiger partial charge is 0.123 e. The fraction of sp³-hybridized carbons (Fsp3) is 0.400. The van der Waals surface area contributed by atoms with Gasteiger partial charge >= 0.3 is 0 Å². The molecule has 0 aliphatic heterocycles. The maximum atomic E-state index is 9.31. The number of rotatable bonds is 3. The molecule has 1 aromatic rings. The topological polar surface area (TPSA) is 55.5 Å². The minimum Gasteiger partial charge on any atom is -0.496 e. The SMILES string of the molecule is COc1ccccc1[C@H](N)C(C)O. The Morgan fingerprint density at radius 3 is 2.54 bits per heavy atom. The number of ether oxygens (including phenoxy) is 1. The zero-order valence-corrected chi connectivity index (χ0v) is 7.90. The Labute approximate surface area is 78.1 Å². The largest absolute Gasteiger partial charge is 0.496 e. The Hall–Kier alpha value is -1.06. The summed E-state index contributed by atoms with van der Waals surface area (Å²) in [7, 11) is 1.59. The quantitative estimate of drug-likeness (QED) is 0.733. The van der Waals surface area contributed by atoms with Gasteiger partial charge in [0, 0.05) is 5.56 Å². The summed E-state index contributed by atoms with van der Waals surface area (Å²) in [4.78, 5) is 0. The maximum absolute atomic E-state index is 9.31. The molecular formula is C10H15NO2. The van der Waals surface area contributed by atoms with Crippen molar-refractivity contribution in [3.63, 3.8) is 0 Å². The van der Waals surface area contributed by atoms with Crippen LogP contribution in [-0.4, -0.2) is 18.3 Å². The van der Waals surface area contributed by atoms with Crippen molar-refractivity contribution < 1.29 is 9.84 Å². The third kappa shape index (κ3) is 2.20. The van der Waals surface area contributed by atoms with Crippen molar-refractivity contribution in [3.05, 3.63) is 29.8 Å². The summed E-state index contributed by atoms with van der Waals surface area (Å²) in [5, 5.41) is 9.31. The standard InChI is InChI=1S/C10H15NO2/c1-7(12)10(11)8-5-3-4-6-9(8)13-2/h3-7,10,12H,11H2,1-2H3/t7?,10-/m1/s1. The van der Waals surface area contributed by atoms with E-state index in [4.69, 9.17) is 10.5 Å². The molecule has 0 spiro atoms. The van der Waals surface area contributed by atoms with Crippen LogP contribution in [0.1, 0.15) is 18.5 Å². The van der Waals surface area contributed by atoms with E-state index < -0.39 is 12.1 Å². The Bertz CT molecular complexity index is 273. The first-order chi connectivity index (χ1) is 6.16. The van der Waals surface area contributed by atoms with Gasteiger partial charge in [-0.25, -0.2) is 0 Å². The fourth-order valence-electron chi connectivity index (χ4n) is 1.20. The van der Waals surface area contributed by atoms with Crippen LogP contribution >= 0.6 is 0 Å². The molecule has 3 nitrogen and oxygen atoms in total. The number of para-hydroxylation sites is 1. The molecule has 2 atom stereocenters. The van der Waals surface area contributed by atoms with Gasteiger partial charge in [0.1, 0.15) is 5.75 Å². The monoisotopic (exact) mass is 181 g/mol. The molecule has 0 fully saturated rings. The van der Waals surface area contributed by atoms with Crippen molar-refractivity contribution in [2.75, 3.05) is 7.11 Å². The first-order valence-corrected chi connectivity index (χ1v) is 4.23. The maximum Gasteiger partial charge on any atom is 0.123 e. The molecule has 0 aliphatic rings. The number of nitrogens with two attached hydrogens (primary N) is 1. The fourth-order valence-corrected chi connectivity index (χ4v) is 1.20. The minimum atomic E-state index is -0.573. The van der Waals surface area contributed by atoms with Crippen LogP contribution in [-0.2, 0) is 0 Å². The van der Waals surface area contributed by atoms with Gasteiger partial charge < -0.3 is 15.6 Å². The Balaban J connectivity index is 2.98. The molecule has 1 rings (SSSR count). The molecule has 0 aromatic heterocycles. The highest BCUT2D eigenvalue weighted by molar-refractivity contribution is 5.36. The molecule has 0 saturated heterocycles. The first kappa shape index (κ1) is 10.0. The molecule has 0 aliphatic carbocycles. The number of methoxy groups -OCH3 is 1. The lowest BCUT2D eigenvalue weighted by Gasteiger charge is -2.17. The average molecular weight is 181 g/mol. The van der Waals surface area contributed by atoms with Crippen LogP contribution in [0, 0.1) is 0 Å². The van der Waals surface area contributed by atoms with Gasteiger partial charge in [-0.05, 0) is 13.0 Å². The second kappa shape index (κ2) is 4.25. The Morgan fingerprint density at radius 1 is 1.38 bits per heavy atom. The van der Waals surface area contributed by atoms with Gasteiger partial charge in [-0.1, -0.05) is 18.2 Å². The van der Waals surface area contributed by atoms with E-state index in [1.807, 2.05) is 24.3 Å². The lowest BCUT2D eigenvalue weighted by Crippen LogP contribution is -2.23. The molecular weight excluding hydrogens is 166 g/mol. The van der Waals surface area contributed by atoms with Crippen LogP contribution in [0.4, 0.5) is 0 Å². The van der Waals surface area contributed by atoms with Crippen LogP contribution in [0.2, 0.25) is 0 Å². The summed E-state index contributed by atoms with van der Waals surface area (Å²) in [6, 6.07) is 7.04. The van der Waals surface area contributed by atoms with Crippen molar-refractivity contribution in [3.8, 4) is 5.75 Å². The van der Waals surface area contributed by atoms with E-state index in [9.17, 15) is 5.11 Å². The molecule has 0 radical (unpaired) electrons. The third-order valence-electron chi connectivity index (χ3n) is 2.02. The van der Waals surface area contributed by atoms with Gasteiger partial charge in [-0.2, -0.15) is 0 Å². The van der Waals surface area contributed by atoms with Crippen molar-refractivity contribution in [2.24, 2.45) is 5.73 Å². The van der Waals surface area contributed by atoms with Crippen molar-refractivity contribution in [2.45, 2.75) is 19.1 Å². The zero-order chi connectivity index (χ0) is 9.84. The van der Waals surface area contributed by atoms with E-state index in [-0.39, 0.29) is 0 Å². The van der Waals surface area contributed by atoms with Crippen LogP contribution in [0.15, 0.2) is 24.3 Å². The molecule has 0 bridgehead atoms. The Kier molecular flexibility index (Phi) is 3.28. The zero-order valence-electron chi connectivity index (χ0n) is 7.90. The Morgan fingerprint density at radius 2 is 2.00 bits per heavy atom. The van der Waals surface area contributed by atoms with Crippen molar-refractivity contribution >= 4 is 0 Å². The minimum absolute atomic E-state index is 0.392. The normalized spacial score (nSPS) is 15.1. The first-order valence-electron chi connectivity index (χ1n) is 4.23. The number of benzene rings is 1. The van der Waals surface area contributed by atoms with E-state index in [0.717, 1.165) is 11.3 Å². The molecule has 3 heteroatoms. The molecule has 72 valence electrons. The molecule has 1 unspecified atom stereocenters. The summed E-state index contributed by atoms with van der Waals surface area (Å²) in [6.07, 6.45) is -0.573. The van der Waals surface area contributed by atoms with E-state index in [0.29, 0.717) is 0 Å². The lowest BCUT2D eigenvalue weighted by atomic mass is 10.0. The van der Waals surface area contributed by atoms with E-state index in [2.05, 4.69) is 0 Å². The highest BCUT2D eigenvalue weighted by atomic mass is 16.5. The number of hydrogen-bond donors (Lipinski definition) is 2. The van der Waals surface area contributed by atoms with Crippen molar-refractivity contribution in [1.29, 1.82) is 0 Å². The van der Waals surface area contributed by atoms with Crippen LogP contribution in [0.5, 0.6) is 5.75 Å². The molecule has 0 saturated carbocycles. The van der Waals surface area contributed by atoms with Gasteiger partial charge in [0.05, 0.1) is 19.3 Å². The van der Waals surface area contributed by atoms with Gasteiger partial charge in [0.15, 0.2) is 0 Å². The number of hydrogen-bond acceptors (Lipinski definition) is 3. The van der Waals surface area contributed by atoms with Crippen LogP contribution < -0.4 is 10.5 Å². The summed E-state index contributed by atoms with van der Waals surface area (Å²) in [6.45, 7) is 1.66. The second-order valence-corrected chi connectivity index (χ2v) is 3.01. The van der Waals surface area contributed by atoms with Gasteiger partial charge in [-0.3, -0.25) is 0 Å². The van der Waals surface area contributed by atoms with Crippen molar-refractivity contribution in [1.82, 2.24) is 0 Å². The highest BCUT2D eigenvalue weighted by Crippen LogP contribution is 2.24. The summed E-state index contributed by atoms with van der Waals surface area (Å²) < 4.78 is 5.13.